The fraction of sp³-hybridized carbons (Fsp3) is 0.125. The van der Waals surface area contributed by atoms with Gasteiger partial charge in [-0.3, -0.25) is 4.98 Å². The molecule has 0 fully saturated rings. The first-order chi connectivity index (χ1) is 10.8. The van der Waals surface area contributed by atoms with Gasteiger partial charge in [-0.2, -0.15) is 5.10 Å². The van der Waals surface area contributed by atoms with Crippen molar-refractivity contribution in [1.82, 2.24) is 14.8 Å². The van der Waals surface area contributed by atoms with Gasteiger partial charge < -0.3 is 5.32 Å². The lowest BCUT2D eigenvalue weighted by molar-refractivity contribution is 0.880. The molecule has 22 heavy (non-hydrogen) atoms. The molecule has 0 atom stereocenters. The highest BCUT2D eigenvalue weighted by molar-refractivity contribution is 6.43. The molecule has 0 bridgehead atoms. The number of anilines is 1. The number of nitrogens with one attached hydrogen (secondary N) is 1. The minimum Gasteiger partial charge on any atom is -0.369 e. The Kier molecular flexibility index (Phi) is 3.28. The van der Waals surface area contributed by atoms with Crippen LogP contribution in [0.5, 0.6) is 0 Å². The van der Waals surface area contributed by atoms with Gasteiger partial charge in [0.15, 0.2) is 0 Å². The molecule has 110 valence electrons. The smallest absolute Gasteiger partial charge is 0.133 e. The number of hydrogen-bond donors (Lipinski definition) is 1. The van der Waals surface area contributed by atoms with E-state index in [9.17, 15) is 0 Å². The fourth-order valence-electron chi connectivity index (χ4n) is 2.71. The summed E-state index contributed by atoms with van der Waals surface area (Å²) in [6.45, 7) is 0.880. The third-order valence-electron chi connectivity index (χ3n) is 3.72. The summed E-state index contributed by atoms with van der Waals surface area (Å²) in [4.78, 5) is 4.41. The average Bonchev–Trinajstić information content (AvgIpc) is 3.13. The lowest BCUT2D eigenvalue weighted by atomic mass is 10.1. The first-order valence-electron chi connectivity index (χ1n) is 6.97. The van der Waals surface area contributed by atoms with Crippen LogP contribution < -0.4 is 5.32 Å². The van der Waals surface area contributed by atoms with Crippen LogP contribution >= 0.6 is 23.2 Å². The molecule has 0 amide bonds. The Bertz CT molecular complexity index is 843. The third kappa shape index (κ3) is 2.07. The Balaban J connectivity index is 1.94. The Hall–Kier alpha value is -2.04. The van der Waals surface area contributed by atoms with Gasteiger partial charge in [0, 0.05) is 18.3 Å². The van der Waals surface area contributed by atoms with Crippen molar-refractivity contribution in [1.29, 1.82) is 0 Å². The summed E-state index contributed by atoms with van der Waals surface area (Å²) in [7, 11) is 0. The summed E-state index contributed by atoms with van der Waals surface area (Å²) in [5, 5.41) is 9.11. The molecule has 0 saturated heterocycles. The minimum atomic E-state index is 0.496. The fourth-order valence-corrected chi connectivity index (χ4v) is 3.09. The molecule has 1 N–H and O–H groups in total. The highest BCUT2D eigenvalue weighted by Crippen LogP contribution is 2.36. The van der Waals surface area contributed by atoms with Gasteiger partial charge in [-0.1, -0.05) is 35.3 Å². The Labute approximate surface area is 137 Å². The molecule has 0 saturated carbocycles. The van der Waals surface area contributed by atoms with Crippen LogP contribution in [0.4, 0.5) is 5.82 Å². The van der Waals surface area contributed by atoms with Gasteiger partial charge in [0.1, 0.15) is 11.5 Å². The summed E-state index contributed by atoms with van der Waals surface area (Å²) >= 11 is 12.5. The van der Waals surface area contributed by atoms with E-state index < -0.39 is 0 Å². The number of pyridine rings is 1. The maximum atomic E-state index is 6.35. The van der Waals surface area contributed by atoms with E-state index in [-0.39, 0.29) is 0 Å². The van der Waals surface area contributed by atoms with Crippen molar-refractivity contribution < 1.29 is 0 Å². The van der Waals surface area contributed by atoms with Crippen molar-refractivity contribution in [2.45, 2.75) is 6.42 Å². The molecule has 0 unspecified atom stereocenters. The second-order valence-electron chi connectivity index (χ2n) is 5.05. The predicted octanol–water partition coefficient (Wildman–Crippen LogP) is 4.21. The number of aromatic nitrogens is 3. The van der Waals surface area contributed by atoms with E-state index in [0.717, 1.165) is 41.4 Å². The van der Waals surface area contributed by atoms with E-state index in [1.165, 1.54) is 0 Å². The number of fused-ring (bicyclic) bond motifs is 1. The van der Waals surface area contributed by atoms with Crippen molar-refractivity contribution in [2.75, 3.05) is 11.9 Å². The molecular weight excluding hydrogens is 319 g/mol. The van der Waals surface area contributed by atoms with Crippen LogP contribution in [0.2, 0.25) is 10.0 Å². The van der Waals surface area contributed by atoms with Crippen molar-refractivity contribution in [2.24, 2.45) is 0 Å². The lowest BCUT2D eigenvalue weighted by Crippen LogP contribution is -2.05. The topological polar surface area (TPSA) is 42.7 Å². The van der Waals surface area contributed by atoms with Crippen LogP contribution in [0.3, 0.4) is 0 Å². The zero-order chi connectivity index (χ0) is 15.1. The molecule has 4 nitrogen and oxygen atoms in total. The summed E-state index contributed by atoms with van der Waals surface area (Å²) in [5.41, 5.74) is 3.67. The van der Waals surface area contributed by atoms with Crippen LogP contribution in [-0.2, 0) is 6.42 Å². The summed E-state index contributed by atoms with van der Waals surface area (Å²) < 4.78 is 1.82. The zero-order valence-electron chi connectivity index (χ0n) is 11.6. The van der Waals surface area contributed by atoms with E-state index in [4.69, 9.17) is 28.3 Å². The number of rotatable bonds is 2. The van der Waals surface area contributed by atoms with Gasteiger partial charge in [-0.15, -0.1) is 0 Å². The van der Waals surface area contributed by atoms with Crippen molar-refractivity contribution in [3.8, 4) is 17.1 Å². The number of hydrogen-bond acceptors (Lipinski definition) is 3. The first-order valence-corrected chi connectivity index (χ1v) is 7.73. The first kappa shape index (κ1) is 13.6. The minimum absolute atomic E-state index is 0.496. The third-order valence-corrected chi connectivity index (χ3v) is 4.53. The molecule has 0 aliphatic carbocycles. The molecule has 4 rings (SSSR count). The van der Waals surface area contributed by atoms with E-state index in [1.807, 2.05) is 35.0 Å². The molecule has 1 aliphatic heterocycles. The van der Waals surface area contributed by atoms with Crippen LogP contribution in [0.25, 0.3) is 17.1 Å². The Morgan fingerprint density at radius 1 is 1.09 bits per heavy atom. The second kappa shape index (κ2) is 5.30. The molecule has 3 heterocycles. The molecule has 6 heteroatoms. The van der Waals surface area contributed by atoms with Gasteiger partial charge in [0.05, 0.1) is 21.4 Å². The molecular formula is C16H12Cl2N4. The van der Waals surface area contributed by atoms with E-state index in [0.29, 0.717) is 10.0 Å². The molecule has 1 aromatic carbocycles. The van der Waals surface area contributed by atoms with Crippen molar-refractivity contribution in [3.05, 3.63) is 58.2 Å². The predicted molar refractivity (Wildman–Crippen MR) is 89.0 cm³/mol. The van der Waals surface area contributed by atoms with E-state index in [2.05, 4.69) is 10.3 Å². The monoisotopic (exact) mass is 330 g/mol. The van der Waals surface area contributed by atoms with Crippen LogP contribution in [0.15, 0.2) is 42.6 Å². The normalized spacial score (nSPS) is 13.0. The van der Waals surface area contributed by atoms with Gasteiger partial charge in [0.2, 0.25) is 0 Å². The summed E-state index contributed by atoms with van der Waals surface area (Å²) in [6.07, 6.45) is 2.69. The quantitative estimate of drug-likeness (QED) is 0.765. The largest absolute Gasteiger partial charge is 0.369 e. The van der Waals surface area contributed by atoms with Crippen molar-refractivity contribution >= 4 is 29.0 Å². The van der Waals surface area contributed by atoms with Crippen LogP contribution in [-0.4, -0.2) is 21.3 Å². The number of nitrogens with zero attached hydrogens (tertiary/aromatic N) is 3. The van der Waals surface area contributed by atoms with Crippen molar-refractivity contribution in [3.63, 3.8) is 0 Å². The average molecular weight is 331 g/mol. The highest BCUT2D eigenvalue weighted by atomic mass is 35.5. The Morgan fingerprint density at radius 2 is 2.00 bits per heavy atom. The molecule has 2 aromatic heterocycles. The number of benzene rings is 1. The molecule has 0 spiro atoms. The van der Waals surface area contributed by atoms with Crippen LogP contribution in [0, 0.1) is 0 Å². The van der Waals surface area contributed by atoms with E-state index >= 15 is 0 Å². The summed E-state index contributed by atoms with van der Waals surface area (Å²) in [6, 6.07) is 11.4. The van der Waals surface area contributed by atoms with Gasteiger partial charge in [0.25, 0.3) is 0 Å². The summed E-state index contributed by atoms with van der Waals surface area (Å²) in [5.74, 6) is 0.963. The Morgan fingerprint density at radius 3 is 2.82 bits per heavy atom. The molecule has 1 aliphatic rings. The van der Waals surface area contributed by atoms with E-state index in [1.54, 1.807) is 12.3 Å². The maximum Gasteiger partial charge on any atom is 0.133 e. The SMILES string of the molecule is Clc1cccc(-n2nc(-c3ccccn3)c3c2NCC3)c1Cl. The van der Waals surface area contributed by atoms with Gasteiger partial charge in [-0.05, 0) is 30.7 Å². The van der Waals surface area contributed by atoms with Gasteiger partial charge >= 0.3 is 0 Å². The maximum absolute atomic E-state index is 6.35. The lowest BCUT2D eigenvalue weighted by Gasteiger charge is -2.09. The second-order valence-corrected chi connectivity index (χ2v) is 5.84. The molecule has 0 radical (unpaired) electrons. The highest BCUT2D eigenvalue weighted by Gasteiger charge is 2.25. The zero-order valence-corrected chi connectivity index (χ0v) is 13.1. The molecule has 3 aromatic rings. The number of halogens is 2. The van der Waals surface area contributed by atoms with Crippen LogP contribution in [0.1, 0.15) is 5.56 Å². The van der Waals surface area contributed by atoms with Gasteiger partial charge in [-0.25, -0.2) is 4.68 Å². The standard InChI is InChI=1S/C16H12Cl2N4/c17-11-4-3-6-13(14(11)18)22-16-10(7-9-20-16)15(21-22)12-5-1-2-8-19-12/h1-6,8,20H,7,9H2.